The highest BCUT2D eigenvalue weighted by atomic mass is 35.5. The first kappa shape index (κ1) is 19.9. The number of carboxylic acids is 1. The second-order valence-electron chi connectivity index (χ2n) is 6.01. The lowest BCUT2D eigenvalue weighted by atomic mass is 10.2. The van der Waals surface area contributed by atoms with Crippen molar-refractivity contribution < 1.29 is 19.5 Å². The van der Waals surface area contributed by atoms with Gasteiger partial charge in [-0.05, 0) is 48.5 Å². The van der Waals surface area contributed by atoms with E-state index in [1.807, 2.05) is 0 Å². The number of aromatic carboxylic acids is 1. The molecule has 0 radical (unpaired) electrons. The van der Waals surface area contributed by atoms with Gasteiger partial charge < -0.3 is 10.4 Å². The van der Waals surface area contributed by atoms with Crippen LogP contribution >= 0.6 is 23.4 Å². The SMILES string of the molecule is CN1C(=O)C(CC(=O)Nc2ccc(C(=O)O)cc2)SC1=Nc1ccc(Cl)cc1. The van der Waals surface area contributed by atoms with E-state index >= 15 is 0 Å². The molecule has 1 heterocycles. The molecule has 0 aromatic heterocycles. The van der Waals surface area contributed by atoms with Crippen LogP contribution in [0.3, 0.4) is 0 Å². The Bertz CT molecular complexity index is 945. The number of carbonyl (C=O) groups excluding carboxylic acids is 2. The van der Waals surface area contributed by atoms with Crippen LogP contribution in [-0.4, -0.2) is 45.3 Å². The molecule has 1 atom stereocenters. The Labute approximate surface area is 170 Å². The smallest absolute Gasteiger partial charge is 0.335 e. The Hall–Kier alpha value is -2.84. The summed E-state index contributed by atoms with van der Waals surface area (Å²) in [6.45, 7) is 0. The number of rotatable bonds is 5. The Morgan fingerprint density at radius 2 is 1.82 bits per heavy atom. The third kappa shape index (κ3) is 4.71. The van der Waals surface area contributed by atoms with Crippen LogP contribution in [0.25, 0.3) is 0 Å². The second-order valence-corrected chi connectivity index (χ2v) is 7.62. The van der Waals surface area contributed by atoms with Crippen LogP contribution < -0.4 is 5.32 Å². The van der Waals surface area contributed by atoms with Crippen molar-refractivity contribution in [1.82, 2.24) is 4.90 Å². The lowest BCUT2D eigenvalue weighted by molar-refractivity contribution is -0.127. The number of carboxylic acid groups (broad SMARTS) is 1. The third-order valence-electron chi connectivity index (χ3n) is 3.98. The fraction of sp³-hybridized carbons (Fsp3) is 0.158. The van der Waals surface area contributed by atoms with E-state index in [0.717, 1.165) is 0 Å². The van der Waals surface area contributed by atoms with Gasteiger partial charge in [-0.25, -0.2) is 9.79 Å². The van der Waals surface area contributed by atoms with Gasteiger partial charge in [0.15, 0.2) is 5.17 Å². The standard InChI is InChI=1S/C19H16ClN3O4S/c1-23-17(25)15(28-19(23)22-14-8-4-12(20)5-9-14)10-16(24)21-13-6-2-11(3-7-13)18(26)27/h2-9,15H,10H2,1H3,(H,21,24)(H,26,27). The zero-order chi connectivity index (χ0) is 20.3. The zero-order valence-corrected chi connectivity index (χ0v) is 16.3. The molecule has 1 unspecified atom stereocenters. The Balaban J connectivity index is 1.63. The summed E-state index contributed by atoms with van der Waals surface area (Å²) in [4.78, 5) is 41.4. The molecule has 7 nitrogen and oxygen atoms in total. The molecular formula is C19H16ClN3O4S. The fourth-order valence-corrected chi connectivity index (χ4v) is 3.78. The summed E-state index contributed by atoms with van der Waals surface area (Å²) in [5.74, 6) is -1.58. The van der Waals surface area contributed by atoms with Crippen LogP contribution in [0, 0.1) is 0 Å². The number of thioether (sulfide) groups is 1. The molecule has 0 spiro atoms. The monoisotopic (exact) mass is 417 g/mol. The van der Waals surface area contributed by atoms with Crippen molar-refractivity contribution in [3.63, 3.8) is 0 Å². The minimum absolute atomic E-state index is 0.0197. The van der Waals surface area contributed by atoms with Gasteiger partial charge in [0.25, 0.3) is 0 Å². The van der Waals surface area contributed by atoms with Gasteiger partial charge in [0, 0.05) is 24.2 Å². The molecule has 9 heteroatoms. The van der Waals surface area contributed by atoms with E-state index in [2.05, 4.69) is 10.3 Å². The van der Waals surface area contributed by atoms with Gasteiger partial charge in [-0.3, -0.25) is 14.5 Å². The van der Waals surface area contributed by atoms with E-state index in [9.17, 15) is 14.4 Å². The van der Waals surface area contributed by atoms with Gasteiger partial charge in [0.2, 0.25) is 11.8 Å². The first-order valence-electron chi connectivity index (χ1n) is 8.25. The Kier molecular flexibility index (Phi) is 6.01. The lowest BCUT2D eigenvalue weighted by Crippen LogP contribution is -2.30. The Morgan fingerprint density at radius 1 is 1.18 bits per heavy atom. The summed E-state index contributed by atoms with van der Waals surface area (Å²) >= 11 is 7.09. The maximum absolute atomic E-state index is 12.4. The predicted octanol–water partition coefficient (Wildman–Crippen LogP) is 3.63. The molecule has 3 rings (SSSR count). The fourth-order valence-electron chi connectivity index (χ4n) is 2.50. The van der Waals surface area contributed by atoms with Gasteiger partial charge in [-0.15, -0.1) is 0 Å². The third-order valence-corrected chi connectivity index (χ3v) is 5.46. The number of nitrogens with zero attached hydrogens (tertiary/aromatic N) is 2. The molecule has 1 saturated heterocycles. The summed E-state index contributed by atoms with van der Waals surface area (Å²) in [7, 11) is 1.62. The van der Waals surface area contributed by atoms with Crippen LogP contribution in [0.1, 0.15) is 16.8 Å². The summed E-state index contributed by atoms with van der Waals surface area (Å²) in [6, 6.07) is 12.7. The molecule has 0 saturated carbocycles. The number of aliphatic imine (C=N–C) groups is 1. The minimum Gasteiger partial charge on any atom is -0.478 e. The highest BCUT2D eigenvalue weighted by molar-refractivity contribution is 8.15. The largest absolute Gasteiger partial charge is 0.478 e. The first-order chi connectivity index (χ1) is 13.3. The van der Waals surface area contributed by atoms with E-state index in [-0.39, 0.29) is 23.8 Å². The van der Waals surface area contributed by atoms with Crippen molar-refractivity contribution in [3.8, 4) is 0 Å². The van der Waals surface area contributed by atoms with Gasteiger partial charge >= 0.3 is 5.97 Å². The lowest BCUT2D eigenvalue weighted by Gasteiger charge is -2.09. The van der Waals surface area contributed by atoms with E-state index in [1.165, 1.54) is 40.9 Å². The number of nitrogens with one attached hydrogen (secondary N) is 1. The van der Waals surface area contributed by atoms with Gasteiger partial charge in [0.1, 0.15) is 5.25 Å². The van der Waals surface area contributed by atoms with E-state index in [0.29, 0.717) is 21.6 Å². The summed E-state index contributed by atoms with van der Waals surface area (Å²) in [6.07, 6.45) is -0.0197. The molecule has 2 N–H and O–H groups in total. The molecule has 1 aliphatic rings. The van der Waals surface area contributed by atoms with E-state index in [1.54, 1.807) is 31.3 Å². The van der Waals surface area contributed by atoms with Crippen LogP contribution in [0.5, 0.6) is 0 Å². The number of amides is 2. The molecule has 0 aliphatic carbocycles. The number of amidine groups is 1. The normalized spacial score (nSPS) is 17.8. The minimum atomic E-state index is -1.04. The average Bonchev–Trinajstić information content (AvgIpc) is 2.92. The summed E-state index contributed by atoms with van der Waals surface area (Å²) in [5, 5.41) is 12.1. The van der Waals surface area contributed by atoms with Crippen LogP contribution in [-0.2, 0) is 9.59 Å². The van der Waals surface area contributed by atoms with Crippen molar-refractivity contribution in [3.05, 3.63) is 59.1 Å². The van der Waals surface area contributed by atoms with Gasteiger partial charge in [0.05, 0.1) is 11.3 Å². The number of anilines is 1. The second kappa shape index (κ2) is 8.45. The maximum Gasteiger partial charge on any atom is 0.335 e. The molecule has 2 aromatic rings. The van der Waals surface area contributed by atoms with Crippen molar-refractivity contribution in [2.75, 3.05) is 12.4 Å². The highest BCUT2D eigenvalue weighted by Crippen LogP contribution is 2.31. The summed E-state index contributed by atoms with van der Waals surface area (Å²) in [5.41, 5.74) is 1.26. The molecular weight excluding hydrogens is 402 g/mol. The van der Waals surface area contributed by atoms with E-state index in [4.69, 9.17) is 16.7 Å². The average molecular weight is 418 g/mol. The molecule has 2 amide bonds. The number of carbonyl (C=O) groups is 3. The number of benzene rings is 2. The van der Waals surface area contributed by atoms with Crippen LogP contribution in [0.2, 0.25) is 5.02 Å². The van der Waals surface area contributed by atoms with Crippen molar-refractivity contribution in [1.29, 1.82) is 0 Å². The van der Waals surface area contributed by atoms with Gasteiger partial charge in [-0.1, -0.05) is 23.4 Å². The highest BCUT2D eigenvalue weighted by Gasteiger charge is 2.37. The van der Waals surface area contributed by atoms with Crippen molar-refractivity contribution in [2.24, 2.45) is 4.99 Å². The first-order valence-corrected chi connectivity index (χ1v) is 9.51. The van der Waals surface area contributed by atoms with Crippen molar-refractivity contribution >= 4 is 57.7 Å². The Morgan fingerprint density at radius 3 is 2.43 bits per heavy atom. The van der Waals surface area contributed by atoms with Crippen LogP contribution in [0.4, 0.5) is 11.4 Å². The molecule has 28 heavy (non-hydrogen) atoms. The number of hydrogen-bond donors (Lipinski definition) is 2. The summed E-state index contributed by atoms with van der Waals surface area (Å²) < 4.78 is 0. The molecule has 2 aromatic carbocycles. The maximum atomic E-state index is 12.4. The number of halogens is 1. The zero-order valence-electron chi connectivity index (χ0n) is 14.8. The molecule has 1 fully saturated rings. The van der Waals surface area contributed by atoms with Crippen LogP contribution in [0.15, 0.2) is 53.5 Å². The van der Waals surface area contributed by atoms with Crippen molar-refractivity contribution in [2.45, 2.75) is 11.7 Å². The molecule has 0 bridgehead atoms. The predicted molar refractivity (Wildman–Crippen MR) is 109 cm³/mol. The topological polar surface area (TPSA) is 99.1 Å². The quantitative estimate of drug-likeness (QED) is 0.773. The molecule has 144 valence electrons. The van der Waals surface area contributed by atoms with Gasteiger partial charge in [-0.2, -0.15) is 0 Å². The van der Waals surface area contributed by atoms with E-state index < -0.39 is 11.2 Å². The molecule has 1 aliphatic heterocycles. The number of hydrogen-bond acceptors (Lipinski definition) is 5.